The first-order valence-electron chi connectivity index (χ1n) is 8.35. The van der Waals surface area contributed by atoms with Crippen molar-refractivity contribution in [3.05, 3.63) is 89.5 Å². The molecule has 3 aromatic rings. The normalized spacial score (nSPS) is 11.7. The summed E-state index contributed by atoms with van der Waals surface area (Å²) in [5, 5.41) is 2.67. The van der Waals surface area contributed by atoms with E-state index in [1.165, 1.54) is 30.5 Å². The topological polar surface area (TPSA) is 64.1 Å². The van der Waals surface area contributed by atoms with Crippen LogP contribution in [0.5, 0.6) is 5.75 Å². The molecule has 0 unspecified atom stereocenters. The molecule has 28 heavy (non-hydrogen) atoms. The van der Waals surface area contributed by atoms with Gasteiger partial charge in [0.2, 0.25) is 12.8 Å². The molecule has 0 aliphatic rings. The highest BCUT2D eigenvalue weighted by Crippen LogP contribution is 2.27. The molecule has 0 bridgehead atoms. The number of hydrogen-bond acceptors (Lipinski definition) is 4. The quantitative estimate of drug-likeness (QED) is 0.674. The van der Waals surface area contributed by atoms with Gasteiger partial charge >= 0.3 is 0 Å². The maximum atomic E-state index is 14.3. The zero-order valence-electron chi connectivity index (χ0n) is 14.6. The highest BCUT2D eigenvalue weighted by molar-refractivity contribution is 5.79. The van der Waals surface area contributed by atoms with Gasteiger partial charge in [0.05, 0.1) is 12.5 Å². The van der Waals surface area contributed by atoms with Gasteiger partial charge in [-0.2, -0.15) is 0 Å². The zero-order valence-corrected chi connectivity index (χ0v) is 14.6. The fraction of sp³-hybridized carbons (Fsp3) is 0.150. The Hall–Kier alpha value is -3.42. The minimum absolute atomic E-state index is 0.0268. The number of halogens is 3. The van der Waals surface area contributed by atoms with Gasteiger partial charge in [-0.3, -0.25) is 14.8 Å². The summed E-state index contributed by atoms with van der Waals surface area (Å²) in [4.78, 5) is 20.4. The third-order valence-corrected chi connectivity index (χ3v) is 3.98. The van der Waals surface area contributed by atoms with Gasteiger partial charge in [0.25, 0.3) is 0 Å². The van der Waals surface area contributed by atoms with Crippen LogP contribution in [-0.4, -0.2) is 22.7 Å². The number of nitrogens with one attached hydrogen (secondary N) is 1. The number of nitrogens with zero attached hydrogens (tertiary/aromatic N) is 2. The Balaban J connectivity index is 1.91. The van der Waals surface area contributed by atoms with Gasteiger partial charge in [-0.25, -0.2) is 13.2 Å². The van der Waals surface area contributed by atoms with Crippen molar-refractivity contribution in [1.82, 2.24) is 15.3 Å². The summed E-state index contributed by atoms with van der Waals surface area (Å²) in [6.07, 6.45) is 4.51. The Labute approximate surface area is 159 Å². The van der Waals surface area contributed by atoms with Crippen molar-refractivity contribution in [2.24, 2.45) is 0 Å². The molecule has 1 aromatic carbocycles. The minimum atomic E-state index is -1.18. The Morgan fingerprint density at radius 1 is 1.07 bits per heavy atom. The summed E-state index contributed by atoms with van der Waals surface area (Å²) in [6, 6.07) is 8.61. The highest BCUT2D eigenvalue weighted by atomic mass is 19.1. The highest BCUT2D eigenvalue weighted by Gasteiger charge is 2.23. The molecule has 8 heteroatoms. The van der Waals surface area contributed by atoms with E-state index in [0.717, 1.165) is 6.07 Å². The minimum Gasteiger partial charge on any atom is -0.460 e. The van der Waals surface area contributed by atoms with Gasteiger partial charge in [-0.15, -0.1) is 0 Å². The first-order chi connectivity index (χ1) is 13.6. The number of carbonyl (C=O) groups is 1. The van der Waals surface area contributed by atoms with Crippen LogP contribution in [0.15, 0.2) is 61.1 Å². The van der Waals surface area contributed by atoms with Gasteiger partial charge in [-0.1, -0.05) is 6.07 Å². The number of benzene rings is 1. The standard InChI is InChI=1S/C20H16F3N3O2/c21-12-28-17-4-3-14(11-16(17)23)19(20-15(22)2-1-7-25-20)26-18(27)10-13-5-8-24-9-6-13/h1-9,11,19H,10,12H2,(H,26,27)/t19-/m0/s1. The SMILES string of the molecule is O=C(Cc1ccncc1)N[C@@H](c1ccc(OCF)c(F)c1)c1ncccc1F. The molecule has 0 fully saturated rings. The number of aromatic nitrogens is 2. The summed E-state index contributed by atoms with van der Waals surface area (Å²) in [5.74, 6) is -2.18. The van der Waals surface area contributed by atoms with E-state index >= 15 is 0 Å². The van der Waals surface area contributed by atoms with Crippen LogP contribution in [0.3, 0.4) is 0 Å². The molecular weight excluding hydrogens is 371 g/mol. The summed E-state index contributed by atoms with van der Waals surface area (Å²) >= 11 is 0. The van der Waals surface area contributed by atoms with Crippen LogP contribution in [-0.2, 0) is 11.2 Å². The average Bonchev–Trinajstić information content (AvgIpc) is 2.69. The summed E-state index contributed by atoms with van der Waals surface area (Å²) in [5.41, 5.74) is 0.888. The molecular formula is C20H16F3N3O2. The lowest BCUT2D eigenvalue weighted by Gasteiger charge is -2.20. The Bertz CT molecular complexity index is 954. The number of amides is 1. The smallest absolute Gasteiger partial charge is 0.228 e. The predicted molar refractivity (Wildman–Crippen MR) is 95.1 cm³/mol. The van der Waals surface area contributed by atoms with Crippen molar-refractivity contribution < 1.29 is 22.7 Å². The summed E-state index contributed by atoms with van der Waals surface area (Å²) in [6.45, 7) is -1.18. The molecule has 0 aliphatic heterocycles. The lowest BCUT2D eigenvalue weighted by Crippen LogP contribution is -2.31. The molecule has 0 saturated heterocycles. The van der Waals surface area contributed by atoms with E-state index in [1.807, 2.05) is 0 Å². The number of carbonyl (C=O) groups excluding carboxylic acids is 1. The van der Waals surface area contributed by atoms with E-state index < -0.39 is 30.4 Å². The molecule has 144 valence electrons. The van der Waals surface area contributed by atoms with Crippen molar-refractivity contribution >= 4 is 5.91 Å². The zero-order chi connectivity index (χ0) is 19.9. The fourth-order valence-electron chi connectivity index (χ4n) is 2.69. The second-order valence-electron chi connectivity index (χ2n) is 5.85. The van der Waals surface area contributed by atoms with Gasteiger partial charge in [-0.05, 0) is 47.5 Å². The van der Waals surface area contributed by atoms with E-state index in [-0.39, 0.29) is 23.4 Å². The van der Waals surface area contributed by atoms with Crippen molar-refractivity contribution in [3.63, 3.8) is 0 Å². The number of pyridine rings is 2. The maximum absolute atomic E-state index is 14.3. The van der Waals surface area contributed by atoms with Crippen molar-refractivity contribution in [3.8, 4) is 5.75 Å². The lowest BCUT2D eigenvalue weighted by molar-refractivity contribution is -0.121. The van der Waals surface area contributed by atoms with Crippen molar-refractivity contribution in [2.45, 2.75) is 12.5 Å². The predicted octanol–water partition coefficient (Wildman–Crippen LogP) is 3.51. The van der Waals surface area contributed by atoms with Crippen molar-refractivity contribution in [1.29, 1.82) is 0 Å². The van der Waals surface area contributed by atoms with E-state index in [2.05, 4.69) is 20.0 Å². The third-order valence-electron chi connectivity index (χ3n) is 3.98. The van der Waals surface area contributed by atoms with Crippen LogP contribution in [0.4, 0.5) is 13.2 Å². The van der Waals surface area contributed by atoms with Crippen LogP contribution in [0.1, 0.15) is 22.9 Å². The van der Waals surface area contributed by atoms with Gasteiger partial charge < -0.3 is 10.1 Å². The Morgan fingerprint density at radius 3 is 2.54 bits per heavy atom. The maximum Gasteiger partial charge on any atom is 0.228 e. The van der Waals surface area contributed by atoms with Crippen LogP contribution in [0.25, 0.3) is 0 Å². The summed E-state index contributed by atoms with van der Waals surface area (Å²) < 4.78 is 45.3. The first-order valence-corrected chi connectivity index (χ1v) is 8.35. The van der Waals surface area contributed by atoms with E-state index in [4.69, 9.17) is 0 Å². The number of alkyl halides is 1. The number of ether oxygens (including phenoxy) is 1. The van der Waals surface area contributed by atoms with Gasteiger partial charge in [0.15, 0.2) is 11.6 Å². The molecule has 1 atom stereocenters. The molecule has 2 aromatic heterocycles. The van der Waals surface area contributed by atoms with Crippen LogP contribution in [0.2, 0.25) is 0 Å². The number of hydrogen-bond donors (Lipinski definition) is 1. The second kappa shape index (κ2) is 8.98. The lowest BCUT2D eigenvalue weighted by atomic mass is 10.0. The van der Waals surface area contributed by atoms with Crippen LogP contribution >= 0.6 is 0 Å². The number of rotatable bonds is 7. The molecule has 0 spiro atoms. The second-order valence-corrected chi connectivity index (χ2v) is 5.85. The Morgan fingerprint density at radius 2 is 1.86 bits per heavy atom. The first kappa shape index (κ1) is 19.3. The van der Waals surface area contributed by atoms with Crippen molar-refractivity contribution in [2.75, 3.05) is 6.86 Å². The summed E-state index contributed by atoms with van der Waals surface area (Å²) in [7, 11) is 0. The molecule has 5 nitrogen and oxygen atoms in total. The van der Waals surface area contributed by atoms with E-state index in [9.17, 15) is 18.0 Å². The molecule has 0 aliphatic carbocycles. The van der Waals surface area contributed by atoms with E-state index in [1.54, 1.807) is 24.5 Å². The fourth-order valence-corrected chi connectivity index (χ4v) is 2.69. The van der Waals surface area contributed by atoms with Gasteiger partial charge in [0, 0.05) is 18.6 Å². The Kier molecular flexibility index (Phi) is 6.21. The van der Waals surface area contributed by atoms with Crippen LogP contribution < -0.4 is 10.1 Å². The largest absolute Gasteiger partial charge is 0.460 e. The molecule has 1 N–H and O–H groups in total. The molecule has 0 radical (unpaired) electrons. The van der Waals surface area contributed by atoms with E-state index in [0.29, 0.717) is 5.56 Å². The monoisotopic (exact) mass is 387 g/mol. The molecule has 2 heterocycles. The molecule has 1 amide bonds. The molecule has 3 rings (SSSR count). The van der Waals surface area contributed by atoms with Gasteiger partial charge in [0.1, 0.15) is 11.5 Å². The molecule has 0 saturated carbocycles. The van der Waals surface area contributed by atoms with Crippen LogP contribution in [0, 0.1) is 11.6 Å². The third kappa shape index (κ3) is 4.64. The average molecular weight is 387 g/mol.